The van der Waals surface area contributed by atoms with E-state index in [9.17, 15) is 4.79 Å². The molecule has 4 rings (SSSR count). The second-order valence-corrected chi connectivity index (χ2v) is 8.39. The molecule has 1 aromatic heterocycles. The zero-order valence-corrected chi connectivity index (χ0v) is 17.4. The molecule has 0 atom stereocenters. The first kappa shape index (κ1) is 20.0. The van der Waals surface area contributed by atoms with Crippen molar-refractivity contribution in [2.75, 3.05) is 13.1 Å². The van der Waals surface area contributed by atoms with Crippen LogP contribution in [0.2, 0.25) is 5.02 Å². The number of piperidine rings is 1. The molecule has 2 aromatic carbocycles. The number of aromatic nitrogens is 1. The number of nitrogens with one attached hydrogen (secondary N) is 2. The molecule has 1 aliphatic heterocycles. The number of nitrogens with zero attached hydrogens (tertiary/aromatic N) is 1. The molecule has 0 bridgehead atoms. The Morgan fingerprint density at radius 3 is 2.66 bits per heavy atom. The minimum absolute atomic E-state index is 0.181. The molecule has 2 heterocycles. The third-order valence-corrected chi connectivity index (χ3v) is 6.05. The highest BCUT2D eigenvalue weighted by Crippen LogP contribution is 2.20. The van der Waals surface area contributed by atoms with E-state index < -0.39 is 0 Å². The monoisotopic (exact) mass is 409 g/mol. The number of hydrogen-bond donors (Lipinski definition) is 2. The lowest BCUT2D eigenvalue weighted by atomic mass is 10.0. The summed E-state index contributed by atoms with van der Waals surface area (Å²) in [7, 11) is 0. The summed E-state index contributed by atoms with van der Waals surface area (Å²) in [4.78, 5) is 18.1. The van der Waals surface area contributed by atoms with Crippen molar-refractivity contribution in [3.8, 4) is 0 Å². The second kappa shape index (κ2) is 9.47. The quantitative estimate of drug-likeness (QED) is 0.581. The van der Waals surface area contributed by atoms with E-state index in [4.69, 9.17) is 11.6 Å². The van der Waals surface area contributed by atoms with Crippen LogP contribution >= 0.6 is 11.6 Å². The van der Waals surface area contributed by atoms with Crippen LogP contribution in [0.4, 0.5) is 0 Å². The largest absolute Gasteiger partial charge is 0.361 e. The maximum absolute atomic E-state index is 12.4. The minimum Gasteiger partial charge on any atom is -0.361 e. The van der Waals surface area contributed by atoms with E-state index in [0.717, 1.165) is 55.9 Å². The van der Waals surface area contributed by atoms with Crippen LogP contribution in [0.5, 0.6) is 0 Å². The molecule has 4 nitrogen and oxygen atoms in total. The summed E-state index contributed by atoms with van der Waals surface area (Å²) in [6, 6.07) is 16.7. The third kappa shape index (κ3) is 5.40. The number of fused-ring (bicyclic) bond motifs is 1. The van der Waals surface area contributed by atoms with Gasteiger partial charge in [-0.15, -0.1) is 0 Å². The van der Waals surface area contributed by atoms with Crippen molar-refractivity contribution < 1.29 is 4.79 Å². The molecule has 29 heavy (non-hydrogen) atoms. The highest BCUT2D eigenvalue weighted by Gasteiger charge is 2.20. The SMILES string of the molecule is O=C(CCCc1c[nH]c2ccccc12)NC1CCN(Cc2ccc(Cl)cc2)CC1. The van der Waals surface area contributed by atoms with Crippen LogP contribution in [-0.4, -0.2) is 34.9 Å². The molecule has 0 aliphatic carbocycles. The molecule has 1 amide bonds. The maximum atomic E-state index is 12.4. The van der Waals surface area contributed by atoms with E-state index in [1.165, 1.54) is 16.5 Å². The van der Waals surface area contributed by atoms with Crippen LogP contribution in [-0.2, 0) is 17.8 Å². The molecule has 2 N–H and O–H groups in total. The number of H-pyrrole nitrogens is 1. The van der Waals surface area contributed by atoms with E-state index in [0.29, 0.717) is 12.5 Å². The smallest absolute Gasteiger partial charge is 0.220 e. The molecule has 1 saturated heterocycles. The number of halogens is 1. The topological polar surface area (TPSA) is 48.1 Å². The maximum Gasteiger partial charge on any atom is 0.220 e. The number of hydrogen-bond acceptors (Lipinski definition) is 2. The minimum atomic E-state index is 0.181. The number of para-hydroxylation sites is 1. The van der Waals surface area contributed by atoms with Gasteiger partial charge in [0.05, 0.1) is 0 Å². The molecule has 0 saturated carbocycles. The predicted molar refractivity (Wildman–Crippen MR) is 119 cm³/mol. The van der Waals surface area contributed by atoms with Crippen LogP contribution in [0.1, 0.15) is 36.8 Å². The Hall–Kier alpha value is -2.30. The molecular weight excluding hydrogens is 382 g/mol. The van der Waals surface area contributed by atoms with Gasteiger partial charge >= 0.3 is 0 Å². The summed E-state index contributed by atoms with van der Waals surface area (Å²) in [5.41, 5.74) is 3.75. The van der Waals surface area contributed by atoms with E-state index in [1.807, 2.05) is 18.2 Å². The van der Waals surface area contributed by atoms with Crippen molar-refractivity contribution in [3.63, 3.8) is 0 Å². The standard InChI is InChI=1S/C24H28ClN3O/c25-20-10-8-18(9-11-20)17-28-14-12-21(13-15-28)27-24(29)7-3-4-19-16-26-23-6-2-1-5-22(19)23/h1-2,5-6,8-11,16,21,26H,3-4,7,12-15,17H2,(H,27,29). The fourth-order valence-electron chi connectivity index (χ4n) is 4.16. The van der Waals surface area contributed by atoms with Gasteiger partial charge in [-0.1, -0.05) is 41.9 Å². The summed E-state index contributed by atoms with van der Waals surface area (Å²) in [5, 5.41) is 5.28. The molecule has 5 heteroatoms. The molecular formula is C24H28ClN3O. The fraction of sp³-hybridized carbons (Fsp3) is 0.375. The van der Waals surface area contributed by atoms with Crippen LogP contribution in [0.25, 0.3) is 10.9 Å². The summed E-state index contributed by atoms with van der Waals surface area (Å²) >= 11 is 5.96. The van der Waals surface area contributed by atoms with E-state index in [1.54, 1.807) is 0 Å². The summed E-state index contributed by atoms with van der Waals surface area (Å²) in [6.45, 7) is 2.98. The van der Waals surface area contributed by atoms with Crippen LogP contribution < -0.4 is 5.32 Å². The number of amides is 1. The van der Waals surface area contributed by atoms with Crippen molar-refractivity contribution >= 4 is 28.4 Å². The fourth-order valence-corrected chi connectivity index (χ4v) is 4.29. The van der Waals surface area contributed by atoms with Crippen molar-refractivity contribution in [1.29, 1.82) is 0 Å². The van der Waals surface area contributed by atoms with Crippen LogP contribution in [0.15, 0.2) is 54.7 Å². The molecule has 0 spiro atoms. The Bertz CT molecular complexity index is 942. The van der Waals surface area contributed by atoms with Crippen LogP contribution in [0, 0.1) is 0 Å². The Morgan fingerprint density at radius 2 is 1.86 bits per heavy atom. The van der Waals surface area contributed by atoms with E-state index in [-0.39, 0.29) is 5.91 Å². The van der Waals surface area contributed by atoms with Crippen LogP contribution in [0.3, 0.4) is 0 Å². The van der Waals surface area contributed by atoms with Gasteiger partial charge in [0.15, 0.2) is 0 Å². The zero-order chi connectivity index (χ0) is 20.1. The number of aryl methyl sites for hydroxylation is 1. The highest BCUT2D eigenvalue weighted by atomic mass is 35.5. The normalized spacial score (nSPS) is 15.6. The highest BCUT2D eigenvalue weighted by molar-refractivity contribution is 6.30. The first-order valence-corrected chi connectivity index (χ1v) is 10.9. The number of carbonyl (C=O) groups is 1. The molecule has 152 valence electrons. The number of carbonyl (C=O) groups excluding carboxylic acids is 1. The van der Waals surface area contributed by atoms with Crippen molar-refractivity contribution in [2.24, 2.45) is 0 Å². The zero-order valence-electron chi connectivity index (χ0n) is 16.7. The van der Waals surface area contributed by atoms with Gasteiger partial charge in [-0.05, 0) is 55.0 Å². The van der Waals surface area contributed by atoms with Gasteiger partial charge in [-0.25, -0.2) is 0 Å². The Kier molecular flexibility index (Phi) is 6.53. The third-order valence-electron chi connectivity index (χ3n) is 5.80. The average Bonchev–Trinajstić information content (AvgIpc) is 3.14. The number of aromatic amines is 1. The van der Waals surface area contributed by atoms with Gasteiger partial charge < -0.3 is 10.3 Å². The summed E-state index contributed by atoms with van der Waals surface area (Å²) in [6.07, 6.45) is 6.49. The van der Waals surface area contributed by atoms with Crippen molar-refractivity contribution in [1.82, 2.24) is 15.2 Å². The Morgan fingerprint density at radius 1 is 1.10 bits per heavy atom. The molecule has 0 radical (unpaired) electrons. The van der Waals surface area contributed by atoms with Gasteiger partial charge in [-0.2, -0.15) is 0 Å². The van der Waals surface area contributed by atoms with Gasteiger partial charge in [0, 0.05) is 54.2 Å². The lowest BCUT2D eigenvalue weighted by molar-refractivity contribution is -0.122. The van der Waals surface area contributed by atoms with Gasteiger partial charge in [0.2, 0.25) is 5.91 Å². The van der Waals surface area contributed by atoms with E-state index >= 15 is 0 Å². The lowest BCUT2D eigenvalue weighted by Gasteiger charge is -2.32. The van der Waals surface area contributed by atoms with Gasteiger partial charge in [-0.3, -0.25) is 9.69 Å². The molecule has 3 aromatic rings. The first-order chi connectivity index (χ1) is 14.2. The predicted octanol–water partition coefficient (Wildman–Crippen LogP) is 4.92. The molecule has 0 unspecified atom stereocenters. The molecule has 1 fully saturated rings. The molecule has 1 aliphatic rings. The van der Waals surface area contributed by atoms with E-state index in [2.05, 4.69) is 51.7 Å². The summed E-state index contributed by atoms with van der Waals surface area (Å²) < 4.78 is 0. The van der Waals surface area contributed by atoms with Gasteiger partial charge in [0.1, 0.15) is 0 Å². The lowest BCUT2D eigenvalue weighted by Crippen LogP contribution is -2.44. The van der Waals surface area contributed by atoms with Crippen molar-refractivity contribution in [2.45, 2.75) is 44.7 Å². The average molecular weight is 410 g/mol. The first-order valence-electron chi connectivity index (χ1n) is 10.5. The van der Waals surface area contributed by atoms with Gasteiger partial charge in [0.25, 0.3) is 0 Å². The number of likely N-dealkylation sites (tertiary alicyclic amines) is 1. The van der Waals surface area contributed by atoms with Crippen molar-refractivity contribution in [3.05, 3.63) is 70.9 Å². The summed E-state index contributed by atoms with van der Waals surface area (Å²) in [5.74, 6) is 0.181. The Balaban J connectivity index is 1.16. The second-order valence-electron chi connectivity index (χ2n) is 7.96. The number of rotatable bonds is 7. The Labute approximate surface area is 177 Å². The number of benzene rings is 2.